The van der Waals surface area contributed by atoms with Gasteiger partial charge in [0.15, 0.2) is 0 Å². The highest BCUT2D eigenvalue weighted by atomic mass is 79.9. The summed E-state index contributed by atoms with van der Waals surface area (Å²) < 4.78 is 37.0. The van der Waals surface area contributed by atoms with Gasteiger partial charge in [0.05, 0.1) is 10.5 Å². The van der Waals surface area contributed by atoms with Gasteiger partial charge in [-0.3, -0.25) is 10.1 Å². The Morgan fingerprint density at radius 1 is 1.20 bits per heavy atom. The number of esters is 1. The number of hydrogen-bond donors (Lipinski definition) is 1. The lowest BCUT2D eigenvalue weighted by molar-refractivity contribution is -0.157. The SMILES string of the molecule is CC(C)(C)C[C@@H]1N[C@@H](C(=O)OC(C)(C)C)[C@H](c2cccc(Br)c2F)[C@@]1(C#N)c1ccc(Cl)cc1F. The lowest BCUT2D eigenvalue weighted by Gasteiger charge is -2.37. The van der Waals surface area contributed by atoms with Crippen LogP contribution in [0.2, 0.25) is 5.02 Å². The van der Waals surface area contributed by atoms with Crippen LogP contribution in [-0.4, -0.2) is 23.7 Å². The van der Waals surface area contributed by atoms with Gasteiger partial charge in [0.1, 0.15) is 28.7 Å². The van der Waals surface area contributed by atoms with E-state index < -0.39 is 46.6 Å². The fourth-order valence-electron chi connectivity index (χ4n) is 4.90. The third-order valence-electron chi connectivity index (χ3n) is 6.11. The van der Waals surface area contributed by atoms with E-state index in [1.165, 1.54) is 24.3 Å². The van der Waals surface area contributed by atoms with Gasteiger partial charge in [0, 0.05) is 22.5 Å². The molecule has 4 atom stereocenters. The molecule has 0 aliphatic carbocycles. The standard InChI is InChI=1S/C27H30BrClF2N2O2/c1-25(2,3)13-20-27(14-32,17-11-10-15(29)12-19(17)30)21(16-8-7-9-18(28)22(16)31)23(33-20)24(34)35-26(4,5)6/h7-12,20-21,23,33H,13H2,1-6H3/t20-,21-,23+,27-/m0/s1. The van der Waals surface area contributed by atoms with Crippen molar-refractivity contribution < 1.29 is 18.3 Å². The fourth-order valence-corrected chi connectivity index (χ4v) is 5.44. The van der Waals surface area contributed by atoms with Crippen molar-refractivity contribution in [3.63, 3.8) is 0 Å². The zero-order chi connectivity index (χ0) is 26.3. The number of hydrogen-bond acceptors (Lipinski definition) is 4. The first-order valence-corrected chi connectivity index (χ1v) is 12.6. The number of halogens is 4. The number of nitrogens with zero attached hydrogens (tertiary/aromatic N) is 1. The van der Waals surface area contributed by atoms with Crippen molar-refractivity contribution in [3.05, 3.63) is 68.7 Å². The van der Waals surface area contributed by atoms with Crippen LogP contribution in [0.1, 0.15) is 65.0 Å². The maximum Gasteiger partial charge on any atom is 0.324 e. The summed E-state index contributed by atoms with van der Waals surface area (Å²) in [5.74, 6) is -3.02. The van der Waals surface area contributed by atoms with Gasteiger partial charge in [-0.25, -0.2) is 8.78 Å². The molecule has 0 amide bonds. The third-order valence-corrected chi connectivity index (χ3v) is 6.96. The average Bonchev–Trinajstić information content (AvgIpc) is 3.02. The Morgan fingerprint density at radius 3 is 2.40 bits per heavy atom. The second-order valence-electron chi connectivity index (χ2n) is 11.2. The Hall–Kier alpha value is -2.01. The molecule has 1 aliphatic rings. The van der Waals surface area contributed by atoms with Crippen molar-refractivity contribution in [2.24, 2.45) is 5.41 Å². The van der Waals surface area contributed by atoms with Gasteiger partial charge in [-0.05, 0) is 72.3 Å². The monoisotopic (exact) mass is 566 g/mol. The molecule has 2 aromatic rings. The van der Waals surface area contributed by atoms with Crippen LogP contribution in [0.5, 0.6) is 0 Å². The van der Waals surface area contributed by atoms with E-state index >= 15 is 8.78 Å². The quantitative estimate of drug-likeness (QED) is 0.403. The molecule has 188 valence electrons. The number of carbonyl (C=O) groups excluding carboxylic acids is 1. The Balaban J connectivity index is 2.37. The summed E-state index contributed by atoms with van der Waals surface area (Å²) in [4.78, 5) is 13.5. The van der Waals surface area contributed by atoms with Gasteiger partial charge in [0.25, 0.3) is 0 Å². The van der Waals surface area contributed by atoms with Crippen LogP contribution in [0.15, 0.2) is 40.9 Å². The van der Waals surface area contributed by atoms with Crippen molar-refractivity contribution in [2.75, 3.05) is 0 Å². The zero-order valence-corrected chi connectivity index (χ0v) is 23.0. The summed E-state index contributed by atoms with van der Waals surface area (Å²) in [5.41, 5.74) is -2.57. The number of carbonyl (C=O) groups is 1. The van der Waals surface area contributed by atoms with E-state index in [2.05, 4.69) is 27.3 Å². The van der Waals surface area contributed by atoms with E-state index in [0.29, 0.717) is 6.42 Å². The van der Waals surface area contributed by atoms with E-state index in [1.54, 1.807) is 26.8 Å². The van der Waals surface area contributed by atoms with Crippen LogP contribution in [-0.2, 0) is 14.9 Å². The molecule has 2 aromatic carbocycles. The first-order chi connectivity index (χ1) is 16.1. The number of nitrogens with one attached hydrogen (secondary N) is 1. The van der Waals surface area contributed by atoms with Gasteiger partial charge in [-0.15, -0.1) is 0 Å². The van der Waals surface area contributed by atoms with E-state index in [-0.39, 0.29) is 26.0 Å². The molecule has 1 N–H and O–H groups in total. The van der Waals surface area contributed by atoms with Crippen LogP contribution in [0.25, 0.3) is 0 Å². The number of benzene rings is 2. The molecule has 0 radical (unpaired) electrons. The molecular weight excluding hydrogens is 538 g/mol. The molecule has 35 heavy (non-hydrogen) atoms. The first kappa shape index (κ1) is 27.6. The van der Waals surface area contributed by atoms with Crippen molar-refractivity contribution in [1.82, 2.24) is 5.32 Å². The molecule has 1 aliphatic heterocycles. The molecule has 1 saturated heterocycles. The summed E-state index contributed by atoms with van der Waals surface area (Å²) in [7, 11) is 0. The number of rotatable bonds is 4. The Morgan fingerprint density at radius 2 is 1.86 bits per heavy atom. The molecule has 1 fully saturated rings. The van der Waals surface area contributed by atoms with Crippen molar-refractivity contribution in [2.45, 2.75) is 77.0 Å². The minimum atomic E-state index is -1.63. The smallest absolute Gasteiger partial charge is 0.324 e. The van der Waals surface area contributed by atoms with Crippen LogP contribution < -0.4 is 5.32 Å². The molecule has 8 heteroatoms. The van der Waals surface area contributed by atoms with E-state index in [9.17, 15) is 10.1 Å². The summed E-state index contributed by atoms with van der Waals surface area (Å²) in [6.07, 6.45) is 0.411. The minimum absolute atomic E-state index is 0.0570. The van der Waals surface area contributed by atoms with Crippen LogP contribution >= 0.6 is 27.5 Å². The highest BCUT2D eigenvalue weighted by Gasteiger charge is 2.61. The molecule has 0 bridgehead atoms. The van der Waals surface area contributed by atoms with Gasteiger partial charge < -0.3 is 4.74 Å². The van der Waals surface area contributed by atoms with Crippen molar-refractivity contribution >= 4 is 33.5 Å². The minimum Gasteiger partial charge on any atom is -0.459 e. The van der Waals surface area contributed by atoms with Gasteiger partial charge in [-0.1, -0.05) is 50.6 Å². The molecule has 0 unspecified atom stereocenters. The number of ether oxygens (including phenoxy) is 1. The topological polar surface area (TPSA) is 62.1 Å². The first-order valence-electron chi connectivity index (χ1n) is 11.4. The van der Waals surface area contributed by atoms with E-state index in [4.69, 9.17) is 16.3 Å². The number of nitriles is 1. The molecule has 0 saturated carbocycles. The summed E-state index contributed by atoms with van der Waals surface area (Å²) in [5, 5.41) is 14.2. The summed E-state index contributed by atoms with van der Waals surface area (Å²) in [6, 6.07) is 9.34. The molecular formula is C27H30BrClF2N2O2. The molecule has 0 spiro atoms. The Kier molecular flexibility index (Phi) is 7.72. The van der Waals surface area contributed by atoms with Crippen molar-refractivity contribution in [3.8, 4) is 6.07 Å². The summed E-state index contributed by atoms with van der Waals surface area (Å²) in [6.45, 7) is 11.2. The largest absolute Gasteiger partial charge is 0.459 e. The van der Waals surface area contributed by atoms with Gasteiger partial charge in [0.2, 0.25) is 0 Å². The fraction of sp³-hybridized carbons (Fsp3) is 0.481. The second kappa shape index (κ2) is 9.80. The van der Waals surface area contributed by atoms with Gasteiger partial charge in [-0.2, -0.15) is 5.26 Å². The van der Waals surface area contributed by atoms with Crippen molar-refractivity contribution in [1.29, 1.82) is 5.26 Å². The van der Waals surface area contributed by atoms with E-state index in [0.717, 1.165) is 6.07 Å². The van der Waals surface area contributed by atoms with Gasteiger partial charge >= 0.3 is 5.97 Å². The molecule has 1 heterocycles. The molecule has 3 rings (SSSR count). The van der Waals surface area contributed by atoms with Crippen LogP contribution in [0.4, 0.5) is 8.78 Å². The third kappa shape index (κ3) is 5.55. The Labute approximate surface area is 219 Å². The normalized spacial score (nSPS) is 24.8. The average molecular weight is 568 g/mol. The predicted octanol–water partition coefficient (Wildman–Crippen LogP) is 7.04. The highest BCUT2D eigenvalue weighted by Crippen LogP contribution is 2.53. The molecule has 0 aromatic heterocycles. The lowest BCUT2D eigenvalue weighted by atomic mass is 9.62. The maximum absolute atomic E-state index is 15.6. The predicted molar refractivity (Wildman–Crippen MR) is 136 cm³/mol. The Bertz CT molecular complexity index is 1170. The molecule has 4 nitrogen and oxygen atoms in total. The maximum atomic E-state index is 15.6. The summed E-state index contributed by atoms with van der Waals surface area (Å²) >= 11 is 9.24. The van der Waals surface area contributed by atoms with E-state index in [1.807, 2.05) is 20.8 Å². The second-order valence-corrected chi connectivity index (χ2v) is 12.5. The van der Waals surface area contributed by atoms with Crippen LogP contribution in [0, 0.1) is 28.4 Å². The zero-order valence-electron chi connectivity index (χ0n) is 20.7. The highest BCUT2D eigenvalue weighted by molar-refractivity contribution is 9.10. The lowest BCUT2D eigenvalue weighted by Crippen LogP contribution is -2.45. The van der Waals surface area contributed by atoms with Crippen LogP contribution in [0.3, 0.4) is 0 Å².